The number of unbranched alkanes of at least 4 members (excludes halogenated alkanes) is 1. The largest absolute Gasteiger partial charge is 0.313 e. The van der Waals surface area contributed by atoms with Crippen LogP contribution in [0.15, 0.2) is 0 Å². The quantitative estimate of drug-likeness (QED) is 0.628. The Balaban J connectivity index is 4.06. The third-order valence-corrected chi connectivity index (χ3v) is 5.34. The van der Waals surface area contributed by atoms with Crippen LogP contribution < -0.4 is 5.32 Å². The van der Waals surface area contributed by atoms with Crippen molar-refractivity contribution in [3.63, 3.8) is 0 Å². The van der Waals surface area contributed by atoms with E-state index in [4.69, 9.17) is 0 Å². The number of rotatable bonds is 10. The van der Waals surface area contributed by atoms with Gasteiger partial charge in [-0.15, -0.1) is 0 Å². The van der Waals surface area contributed by atoms with Crippen molar-refractivity contribution in [3.8, 4) is 0 Å². The van der Waals surface area contributed by atoms with Crippen molar-refractivity contribution >= 4 is 9.84 Å². The van der Waals surface area contributed by atoms with E-state index >= 15 is 0 Å². The zero-order valence-corrected chi connectivity index (χ0v) is 14.3. The molecule has 0 bridgehead atoms. The van der Waals surface area contributed by atoms with Gasteiger partial charge in [-0.1, -0.05) is 41.0 Å². The standard InChI is InChI=1S/C15H33NO2S/c1-6-11-16-14(15(3,4)5)10-8-9-13-19(17,18)12-7-2/h14,16H,6-13H2,1-5H3. The van der Waals surface area contributed by atoms with Gasteiger partial charge >= 0.3 is 0 Å². The van der Waals surface area contributed by atoms with E-state index in [9.17, 15) is 8.42 Å². The van der Waals surface area contributed by atoms with Gasteiger partial charge in [0.25, 0.3) is 0 Å². The molecule has 0 rings (SSSR count). The minimum Gasteiger partial charge on any atom is -0.313 e. The monoisotopic (exact) mass is 291 g/mol. The molecule has 0 fully saturated rings. The molecule has 0 aliphatic rings. The predicted octanol–water partition coefficient (Wildman–Crippen LogP) is 3.40. The molecule has 1 atom stereocenters. The van der Waals surface area contributed by atoms with Gasteiger partial charge in [-0.05, 0) is 37.6 Å². The van der Waals surface area contributed by atoms with Gasteiger partial charge in [0, 0.05) is 11.8 Å². The zero-order chi connectivity index (χ0) is 14.9. The average molecular weight is 292 g/mol. The molecule has 0 aromatic rings. The van der Waals surface area contributed by atoms with Crippen LogP contribution in [0.2, 0.25) is 0 Å². The molecule has 0 heterocycles. The molecule has 0 aliphatic heterocycles. The summed E-state index contributed by atoms with van der Waals surface area (Å²) in [6.07, 6.45) is 4.71. The highest BCUT2D eigenvalue weighted by Crippen LogP contribution is 2.23. The highest BCUT2D eigenvalue weighted by molar-refractivity contribution is 7.91. The molecular formula is C15H33NO2S. The maximum absolute atomic E-state index is 11.6. The molecule has 0 aliphatic carbocycles. The fraction of sp³-hybridized carbons (Fsp3) is 1.00. The molecule has 0 amide bonds. The molecule has 0 saturated heterocycles. The summed E-state index contributed by atoms with van der Waals surface area (Å²) in [6, 6.07) is 0.473. The second-order valence-corrected chi connectivity index (χ2v) is 8.82. The van der Waals surface area contributed by atoms with Gasteiger partial charge in [0.05, 0.1) is 5.75 Å². The lowest BCUT2D eigenvalue weighted by molar-refractivity contribution is 0.251. The van der Waals surface area contributed by atoms with Crippen LogP contribution >= 0.6 is 0 Å². The first-order valence-electron chi connectivity index (χ1n) is 7.66. The molecule has 0 spiro atoms. The van der Waals surface area contributed by atoms with Gasteiger partial charge in [-0.3, -0.25) is 0 Å². The van der Waals surface area contributed by atoms with E-state index < -0.39 is 9.84 Å². The third-order valence-electron chi connectivity index (χ3n) is 3.40. The molecule has 0 aromatic carbocycles. The Hall–Kier alpha value is -0.0900. The van der Waals surface area contributed by atoms with E-state index in [0.717, 1.165) is 38.6 Å². The van der Waals surface area contributed by atoms with Crippen molar-refractivity contribution < 1.29 is 8.42 Å². The normalized spacial score (nSPS) is 14.6. The summed E-state index contributed by atoms with van der Waals surface area (Å²) in [7, 11) is -2.80. The second kappa shape index (κ2) is 8.96. The first-order chi connectivity index (χ1) is 8.73. The minimum atomic E-state index is -2.80. The van der Waals surface area contributed by atoms with Crippen molar-refractivity contribution in [1.29, 1.82) is 0 Å². The van der Waals surface area contributed by atoms with Crippen molar-refractivity contribution in [2.45, 2.75) is 72.8 Å². The van der Waals surface area contributed by atoms with Crippen LogP contribution in [0.5, 0.6) is 0 Å². The van der Waals surface area contributed by atoms with Crippen LogP contribution in [0.3, 0.4) is 0 Å². The average Bonchev–Trinajstić information content (AvgIpc) is 2.26. The lowest BCUT2D eigenvalue weighted by Crippen LogP contribution is -2.40. The van der Waals surface area contributed by atoms with E-state index in [1.807, 2.05) is 6.92 Å². The summed E-state index contributed by atoms with van der Waals surface area (Å²) in [5.41, 5.74) is 0.234. The Bertz CT molecular complexity index is 318. The van der Waals surface area contributed by atoms with Crippen molar-refractivity contribution in [1.82, 2.24) is 5.32 Å². The summed E-state index contributed by atoms with van der Waals surface area (Å²) < 4.78 is 23.3. The minimum absolute atomic E-state index is 0.234. The molecule has 0 radical (unpaired) electrons. The van der Waals surface area contributed by atoms with E-state index in [0.29, 0.717) is 17.5 Å². The second-order valence-electron chi connectivity index (χ2n) is 6.52. The summed E-state index contributed by atoms with van der Waals surface area (Å²) in [4.78, 5) is 0. The smallest absolute Gasteiger partial charge is 0.150 e. The summed E-state index contributed by atoms with van der Waals surface area (Å²) in [5, 5.41) is 3.58. The Morgan fingerprint density at radius 1 is 1.00 bits per heavy atom. The maximum Gasteiger partial charge on any atom is 0.150 e. The Morgan fingerprint density at radius 3 is 2.11 bits per heavy atom. The van der Waals surface area contributed by atoms with E-state index in [2.05, 4.69) is 33.0 Å². The van der Waals surface area contributed by atoms with Crippen LogP contribution in [0.4, 0.5) is 0 Å². The summed E-state index contributed by atoms with van der Waals surface area (Å²) in [6.45, 7) is 11.9. The van der Waals surface area contributed by atoms with E-state index in [1.54, 1.807) is 0 Å². The summed E-state index contributed by atoms with van der Waals surface area (Å²) in [5.74, 6) is 0.690. The zero-order valence-electron chi connectivity index (χ0n) is 13.5. The highest BCUT2D eigenvalue weighted by Gasteiger charge is 2.23. The fourth-order valence-corrected chi connectivity index (χ4v) is 3.71. The molecule has 19 heavy (non-hydrogen) atoms. The van der Waals surface area contributed by atoms with Gasteiger partial charge in [0.1, 0.15) is 9.84 Å². The maximum atomic E-state index is 11.6. The van der Waals surface area contributed by atoms with Gasteiger partial charge in [-0.25, -0.2) is 8.42 Å². The predicted molar refractivity (Wildman–Crippen MR) is 84.3 cm³/mol. The summed E-state index contributed by atoms with van der Waals surface area (Å²) >= 11 is 0. The lowest BCUT2D eigenvalue weighted by atomic mass is 9.83. The molecule has 1 N–H and O–H groups in total. The molecule has 0 aromatic heterocycles. The number of sulfone groups is 1. The molecule has 116 valence electrons. The van der Waals surface area contributed by atoms with Gasteiger partial charge in [0.15, 0.2) is 0 Å². The molecule has 3 nitrogen and oxygen atoms in total. The van der Waals surface area contributed by atoms with Gasteiger partial charge in [0.2, 0.25) is 0 Å². The molecule has 0 saturated carbocycles. The number of hydrogen-bond donors (Lipinski definition) is 1. The van der Waals surface area contributed by atoms with Crippen LogP contribution in [-0.2, 0) is 9.84 Å². The fourth-order valence-electron chi connectivity index (χ4n) is 2.24. The Kier molecular flexibility index (Phi) is 8.92. The van der Waals surface area contributed by atoms with Crippen LogP contribution in [0.1, 0.15) is 66.7 Å². The van der Waals surface area contributed by atoms with Crippen molar-refractivity contribution in [2.24, 2.45) is 5.41 Å². The topological polar surface area (TPSA) is 46.2 Å². The highest BCUT2D eigenvalue weighted by atomic mass is 32.2. The Labute approximate surface area is 120 Å². The van der Waals surface area contributed by atoms with Gasteiger partial charge < -0.3 is 5.32 Å². The van der Waals surface area contributed by atoms with E-state index in [-0.39, 0.29) is 5.41 Å². The van der Waals surface area contributed by atoms with Crippen LogP contribution in [-0.4, -0.2) is 32.5 Å². The number of nitrogens with one attached hydrogen (secondary N) is 1. The van der Waals surface area contributed by atoms with Gasteiger partial charge in [-0.2, -0.15) is 0 Å². The number of hydrogen-bond acceptors (Lipinski definition) is 3. The van der Waals surface area contributed by atoms with Crippen LogP contribution in [0.25, 0.3) is 0 Å². The molecular weight excluding hydrogens is 258 g/mol. The SMILES string of the molecule is CCCNC(CCCCS(=O)(=O)CCC)C(C)(C)C. The van der Waals surface area contributed by atoms with Crippen molar-refractivity contribution in [2.75, 3.05) is 18.1 Å². The Morgan fingerprint density at radius 2 is 1.63 bits per heavy atom. The molecule has 1 unspecified atom stereocenters. The van der Waals surface area contributed by atoms with Crippen molar-refractivity contribution in [3.05, 3.63) is 0 Å². The van der Waals surface area contributed by atoms with Crippen LogP contribution in [0, 0.1) is 5.41 Å². The van der Waals surface area contributed by atoms with E-state index in [1.165, 1.54) is 0 Å². The first-order valence-corrected chi connectivity index (χ1v) is 9.49. The third kappa shape index (κ3) is 9.44. The molecule has 4 heteroatoms. The first kappa shape index (κ1) is 18.9. The lowest BCUT2D eigenvalue weighted by Gasteiger charge is -2.32.